The largest absolute Gasteiger partial charge is 0.354 e. The van der Waals surface area contributed by atoms with Gasteiger partial charge >= 0.3 is 0 Å². The first-order valence-electron chi connectivity index (χ1n) is 11.3. The number of sulfonamides is 1. The number of halogens is 1. The third kappa shape index (κ3) is 7.84. The molecule has 2 aromatic rings. The molecular weight excluding hydrogens is 518 g/mol. The molecule has 186 valence electrons. The molecule has 0 spiro atoms. The van der Waals surface area contributed by atoms with E-state index in [1.54, 1.807) is 19.1 Å². The molecule has 0 aliphatic heterocycles. The van der Waals surface area contributed by atoms with E-state index in [2.05, 4.69) is 21.2 Å². The van der Waals surface area contributed by atoms with Crippen LogP contribution in [0.1, 0.15) is 43.4 Å². The van der Waals surface area contributed by atoms with Gasteiger partial charge in [-0.05, 0) is 68.1 Å². The van der Waals surface area contributed by atoms with Gasteiger partial charge in [0.2, 0.25) is 21.8 Å². The molecule has 0 saturated heterocycles. The molecule has 2 amide bonds. The van der Waals surface area contributed by atoms with Crippen LogP contribution in [-0.4, -0.2) is 50.5 Å². The molecule has 0 radical (unpaired) electrons. The molecule has 2 aromatic carbocycles. The Balaban J connectivity index is 2.35. The summed E-state index contributed by atoms with van der Waals surface area (Å²) < 4.78 is 27.3. The standard InChI is InChI=1S/C25H34BrN3O4S/c1-6-7-14-27-25(31)20(4)28(16-21-9-11-22(26)12-10-21)24(30)17-29(34(5,32)33)23-13-8-18(2)19(3)15-23/h8-13,15,20H,6-7,14,16-17H2,1-5H3,(H,27,31)/t20-/m1/s1. The fourth-order valence-electron chi connectivity index (χ4n) is 3.40. The van der Waals surface area contributed by atoms with Crippen LogP contribution in [0.5, 0.6) is 0 Å². The summed E-state index contributed by atoms with van der Waals surface area (Å²) in [6, 6.07) is 12.0. The molecule has 0 saturated carbocycles. The molecule has 0 aliphatic carbocycles. The molecule has 0 aromatic heterocycles. The minimum Gasteiger partial charge on any atom is -0.354 e. The molecule has 9 heteroatoms. The lowest BCUT2D eigenvalue weighted by Crippen LogP contribution is -2.51. The molecule has 34 heavy (non-hydrogen) atoms. The van der Waals surface area contributed by atoms with E-state index in [0.717, 1.165) is 44.6 Å². The van der Waals surface area contributed by atoms with Crippen molar-refractivity contribution in [2.24, 2.45) is 0 Å². The Morgan fingerprint density at radius 1 is 1.06 bits per heavy atom. The van der Waals surface area contributed by atoms with Crippen molar-refractivity contribution >= 4 is 43.5 Å². The number of carbonyl (C=O) groups is 2. The Bertz CT molecular complexity index is 1100. The smallest absolute Gasteiger partial charge is 0.244 e. The molecule has 7 nitrogen and oxygen atoms in total. The number of carbonyl (C=O) groups excluding carboxylic acids is 2. The summed E-state index contributed by atoms with van der Waals surface area (Å²) in [5.74, 6) is -0.722. The van der Waals surface area contributed by atoms with Gasteiger partial charge in [0, 0.05) is 17.6 Å². The van der Waals surface area contributed by atoms with E-state index < -0.39 is 28.5 Å². The van der Waals surface area contributed by atoms with Crippen LogP contribution in [0.15, 0.2) is 46.9 Å². The second-order valence-corrected chi connectivity index (χ2v) is 11.3. The van der Waals surface area contributed by atoms with Crippen LogP contribution in [-0.2, 0) is 26.2 Å². The lowest BCUT2D eigenvalue weighted by Gasteiger charge is -2.31. The number of unbranched alkanes of at least 4 members (excludes halogenated alkanes) is 1. The molecule has 0 aliphatic rings. The third-order valence-corrected chi connectivity index (χ3v) is 7.39. The number of nitrogens with one attached hydrogen (secondary N) is 1. The molecule has 1 atom stereocenters. The summed E-state index contributed by atoms with van der Waals surface area (Å²) in [6.45, 7) is 7.84. The summed E-state index contributed by atoms with van der Waals surface area (Å²) in [4.78, 5) is 27.7. The first kappa shape index (κ1) is 27.9. The lowest BCUT2D eigenvalue weighted by atomic mass is 10.1. The normalized spacial score (nSPS) is 12.2. The average molecular weight is 553 g/mol. The van der Waals surface area contributed by atoms with Gasteiger partial charge in [-0.15, -0.1) is 0 Å². The van der Waals surface area contributed by atoms with Gasteiger partial charge in [0.25, 0.3) is 0 Å². The van der Waals surface area contributed by atoms with E-state index >= 15 is 0 Å². The fraction of sp³-hybridized carbons (Fsp3) is 0.440. The number of hydrogen-bond donors (Lipinski definition) is 1. The summed E-state index contributed by atoms with van der Waals surface area (Å²) in [5.41, 5.74) is 3.20. The van der Waals surface area contributed by atoms with Gasteiger partial charge in [0.05, 0.1) is 11.9 Å². The first-order chi connectivity index (χ1) is 15.9. The predicted molar refractivity (Wildman–Crippen MR) is 140 cm³/mol. The summed E-state index contributed by atoms with van der Waals surface area (Å²) in [7, 11) is -3.74. The van der Waals surface area contributed by atoms with Gasteiger partial charge in [-0.3, -0.25) is 13.9 Å². The number of aryl methyl sites for hydroxylation is 2. The molecule has 0 fully saturated rings. The van der Waals surface area contributed by atoms with Gasteiger partial charge in [0.15, 0.2) is 0 Å². The Hall–Kier alpha value is -2.39. The van der Waals surface area contributed by atoms with Crippen LogP contribution in [0.4, 0.5) is 5.69 Å². The number of anilines is 1. The highest BCUT2D eigenvalue weighted by Gasteiger charge is 2.30. The maximum atomic E-state index is 13.5. The highest BCUT2D eigenvalue weighted by Crippen LogP contribution is 2.22. The highest BCUT2D eigenvalue weighted by molar-refractivity contribution is 9.10. The van der Waals surface area contributed by atoms with E-state index in [9.17, 15) is 18.0 Å². The Kier molecular flexibility index (Phi) is 10.1. The Labute approximate surface area is 211 Å². The van der Waals surface area contributed by atoms with Gasteiger partial charge in [-0.1, -0.05) is 47.5 Å². The second kappa shape index (κ2) is 12.4. The number of nitrogens with zero attached hydrogens (tertiary/aromatic N) is 2. The lowest BCUT2D eigenvalue weighted by molar-refractivity contribution is -0.139. The van der Waals surface area contributed by atoms with Gasteiger partial charge in [-0.25, -0.2) is 8.42 Å². The van der Waals surface area contributed by atoms with Gasteiger partial charge < -0.3 is 10.2 Å². The SMILES string of the molecule is CCCCNC(=O)[C@@H](C)N(Cc1ccc(Br)cc1)C(=O)CN(c1ccc(C)c(C)c1)S(C)(=O)=O. The monoisotopic (exact) mass is 551 g/mol. The van der Waals surface area contributed by atoms with E-state index in [0.29, 0.717) is 12.2 Å². The van der Waals surface area contributed by atoms with Crippen molar-refractivity contribution in [2.75, 3.05) is 23.7 Å². The zero-order chi connectivity index (χ0) is 25.5. The number of hydrogen-bond acceptors (Lipinski definition) is 4. The molecule has 2 rings (SSSR count). The Morgan fingerprint density at radius 2 is 1.71 bits per heavy atom. The minimum atomic E-state index is -3.74. The molecular formula is C25H34BrN3O4S. The van der Waals surface area contributed by atoms with Crippen LogP contribution in [0.3, 0.4) is 0 Å². The van der Waals surface area contributed by atoms with Crippen LogP contribution in [0.25, 0.3) is 0 Å². The van der Waals surface area contributed by atoms with Crippen molar-refractivity contribution in [2.45, 2.75) is 53.1 Å². The zero-order valence-corrected chi connectivity index (χ0v) is 22.9. The van der Waals surface area contributed by atoms with Crippen molar-refractivity contribution < 1.29 is 18.0 Å². The van der Waals surface area contributed by atoms with E-state index in [4.69, 9.17) is 0 Å². The maximum Gasteiger partial charge on any atom is 0.244 e. The van der Waals surface area contributed by atoms with Crippen LogP contribution < -0.4 is 9.62 Å². The van der Waals surface area contributed by atoms with Gasteiger partial charge in [0.1, 0.15) is 12.6 Å². The molecule has 0 bridgehead atoms. The zero-order valence-electron chi connectivity index (χ0n) is 20.5. The second-order valence-electron chi connectivity index (χ2n) is 8.51. The highest BCUT2D eigenvalue weighted by atomic mass is 79.9. The van der Waals surface area contributed by atoms with Crippen molar-refractivity contribution in [3.63, 3.8) is 0 Å². The topological polar surface area (TPSA) is 86.8 Å². The van der Waals surface area contributed by atoms with Crippen molar-refractivity contribution in [1.82, 2.24) is 10.2 Å². The quantitative estimate of drug-likeness (QED) is 0.424. The predicted octanol–water partition coefficient (Wildman–Crippen LogP) is 4.17. The minimum absolute atomic E-state index is 0.180. The Morgan fingerprint density at radius 3 is 2.26 bits per heavy atom. The molecule has 0 heterocycles. The fourth-order valence-corrected chi connectivity index (χ4v) is 4.51. The van der Waals surface area contributed by atoms with Gasteiger partial charge in [-0.2, -0.15) is 0 Å². The van der Waals surface area contributed by atoms with Crippen LogP contribution in [0, 0.1) is 13.8 Å². The van der Waals surface area contributed by atoms with E-state index in [1.165, 1.54) is 4.90 Å². The number of benzene rings is 2. The van der Waals surface area contributed by atoms with E-state index in [1.807, 2.05) is 51.1 Å². The maximum absolute atomic E-state index is 13.5. The molecule has 0 unspecified atom stereocenters. The van der Waals surface area contributed by atoms with Crippen LogP contribution in [0.2, 0.25) is 0 Å². The van der Waals surface area contributed by atoms with Crippen LogP contribution >= 0.6 is 15.9 Å². The molecule has 1 N–H and O–H groups in total. The third-order valence-electron chi connectivity index (χ3n) is 5.72. The summed E-state index contributed by atoms with van der Waals surface area (Å²) in [6.07, 6.45) is 2.86. The number of amides is 2. The van der Waals surface area contributed by atoms with Crippen molar-refractivity contribution in [1.29, 1.82) is 0 Å². The van der Waals surface area contributed by atoms with E-state index in [-0.39, 0.29) is 12.5 Å². The van der Waals surface area contributed by atoms with Crippen molar-refractivity contribution in [3.05, 3.63) is 63.6 Å². The summed E-state index contributed by atoms with van der Waals surface area (Å²) in [5, 5.41) is 2.87. The van der Waals surface area contributed by atoms with Crippen molar-refractivity contribution in [3.8, 4) is 0 Å². The summed E-state index contributed by atoms with van der Waals surface area (Å²) >= 11 is 3.40. The first-order valence-corrected chi connectivity index (χ1v) is 13.9. The average Bonchev–Trinajstić information content (AvgIpc) is 2.77. The number of rotatable bonds is 11.